The number of thiophene rings is 1. The molecule has 0 bridgehead atoms. The number of rotatable bonds is 6. The molecule has 3 unspecified atom stereocenters. The summed E-state index contributed by atoms with van der Waals surface area (Å²) in [5, 5.41) is 9.10. The van der Waals surface area contributed by atoms with Crippen molar-refractivity contribution in [2.75, 3.05) is 0 Å². The predicted octanol–water partition coefficient (Wildman–Crippen LogP) is 10.4. The second-order valence-electron chi connectivity index (χ2n) is 12.8. The fraction of sp³-hybridized carbons (Fsp3) is 0.171. The van der Waals surface area contributed by atoms with Crippen molar-refractivity contribution in [3.8, 4) is 5.69 Å². The van der Waals surface area contributed by atoms with Gasteiger partial charge in [0.05, 0.1) is 10.2 Å². The third-order valence-corrected chi connectivity index (χ3v) is 10.9. The van der Waals surface area contributed by atoms with E-state index >= 15 is 0 Å². The molecule has 4 atom stereocenters. The van der Waals surface area contributed by atoms with Gasteiger partial charge in [0.15, 0.2) is 0 Å². The molecule has 5 aromatic carbocycles. The van der Waals surface area contributed by atoms with Gasteiger partial charge in [0, 0.05) is 45.3 Å². The summed E-state index contributed by atoms with van der Waals surface area (Å²) in [5.74, 6) is 0.546. The summed E-state index contributed by atoms with van der Waals surface area (Å²) in [7, 11) is 0. The van der Waals surface area contributed by atoms with E-state index in [-0.39, 0.29) is 0 Å². The highest BCUT2D eigenvalue weighted by atomic mass is 32.1. The lowest BCUT2D eigenvalue weighted by Crippen LogP contribution is -2.08. The van der Waals surface area contributed by atoms with Crippen LogP contribution in [0.5, 0.6) is 0 Å². The average Bonchev–Trinajstić information content (AvgIpc) is 3.42. The summed E-state index contributed by atoms with van der Waals surface area (Å²) >= 11 is 1.93. The SMILES string of the molecule is Cc1ccc([C@@H]2N(Cc3ccccc3)N2Cc2ccc(-n3c4c(c5ccc6c7ccccc7sc6c53)CC(C)C=C4)cc2)cc1. The molecule has 2 aromatic heterocycles. The molecule has 1 saturated heterocycles. The molecule has 3 heterocycles. The third kappa shape index (κ3) is 4.55. The molecule has 1 aliphatic carbocycles. The van der Waals surface area contributed by atoms with E-state index < -0.39 is 0 Å². The Balaban J connectivity index is 1.09. The number of hydrogen-bond donors (Lipinski definition) is 0. The quantitative estimate of drug-likeness (QED) is 0.176. The average molecular weight is 602 g/mol. The van der Waals surface area contributed by atoms with E-state index in [0.717, 1.165) is 19.5 Å². The Hall–Kier alpha value is -4.48. The Morgan fingerprint density at radius 3 is 2.16 bits per heavy atom. The highest BCUT2D eigenvalue weighted by Gasteiger charge is 2.45. The molecular formula is C41H35N3S. The van der Waals surface area contributed by atoms with Crippen molar-refractivity contribution >= 4 is 48.5 Å². The summed E-state index contributed by atoms with van der Waals surface area (Å²) in [5.41, 5.74) is 10.7. The molecule has 2 aliphatic rings. The van der Waals surface area contributed by atoms with Crippen LogP contribution in [0.25, 0.3) is 42.8 Å². The molecule has 0 spiro atoms. The summed E-state index contributed by atoms with van der Waals surface area (Å²) in [6, 6.07) is 42.7. The molecule has 220 valence electrons. The monoisotopic (exact) mass is 601 g/mol. The van der Waals surface area contributed by atoms with Gasteiger partial charge in [-0.15, -0.1) is 11.3 Å². The number of hydrazine groups is 1. The van der Waals surface area contributed by atoms with Crippen molar-refractivity contribution < 1.29 is 0 Å². The maximum Gasteiger partial charge on any atom is 0.116 e. The molecule has 9 rings (SSSR count). The second-order valence-corrected chi connectivity index (χ2v) is 13.9. The zero-order valence-corrected chi connectivity index (χ0v) is 26.5. The first kappa shape index (κ1) is 26.9. The lowest BCUT2D eigenvalue weighted by atomic mass is 9.93. The Labute approximate surface area is 268 Å². The van der Waals surface area contributed by atoms with Gasteiger partial charge in [0.25, 0.3) is 0 Å². The number of benzene rings is 5. The van der Waals surface area contributed by atoms with Crippen LogP contribution in [0, 0.1) is 12.8 Å². The van der Waals surface area contributed by atoms with E-state index in [1.807, 2.05) is 11.3 Å². The van der Waals surface area contributed by atoms with Crippen molar-refractivity contribution in [3.05, 3.63) is 155 Å². The van der Waals surface area contributed by atoms with Crippen LogP contribution in [0.15, 0.2) is 121 Å². The van der Waals surface area contributed by atoms with Crippen LogP contribution >= 0.6 is 11.3 Å². The van der Waals surface area contributed by atoms with Gasteiger partial charge >= 0.3 is 0 Å². The van der Waals surface area contributed by atoms with Crippen molar-refractivity contribution in [3.63, 3.8) is 0 Å². The first-order valence-electron chi connectivity index (χ1n) is 16.0. The van der Waals surface area contributed by atoms with Crippen LogP contribution in [-0.4, -0.2) is 14.6 Å². The standard InChI is InChI=1S/C41H35N3S/c1-27-12-17-31(18-13-27)41-42(25-29-8-4-3-5-9-29)43(41)26-30-15-19-32(20-16-30)44-37-23-14-28(2)24-36(37)34-21-22-35-33-10-6-7-11-38(33)45-40(35)39(34)44/h3-23,28,41H,24-26H2,1-2H3/t28?,41-,42?,43?/m1/s1. The highest BCUT2D eigenvalue weighted by molar-refractivity contribution is 7.26. The summed E-state index contributed by atoms with van der Waals surface area (Å²) < 4.78 is 5.27. The normalized spacial score (nSPS) is 20.7. The Morgan fingerprint density at radius 1 is 0.689 bits per heavy atom. The lowest BCUT2D eigenvalue weighted by molar-refractivity contribution is 0.293. The van der Waals surface area contributed by atoms with E-state index in [0.29, 0.717) is 12.1 Å². The topological polar surface area (TPSA) is 10.9 Å². The lowest BCUT2D eigenvalue weighted by Gasteiger charge is -2.16. The van der Waals surface area contributed by atoms with Gasteiger partial charge in [-0.05, 0) is 65.8 Å². The number of allylic oxidation sites excluding steroid dienone is 1. The summed E-state index contributed by atoms with van der Waals surface area (Å²) in [6.45, 7) is 6.28. The molecule has 0 saturated carbocycles. The largest absolute Gasteiger partial charge is 0.308 e. The zero-order chi connectivity index (χ0) is 30.1. The maximum atomic E-state index is 2.53. The van der Waals surface area contributed by atoms with E-state index in [4.69, 9.17) is 0 Å². The Bertz CT molecular complexity index is 2220. The molecular weight excluding hydrogens is 567 g/mol. The molecule has 45 heavy (non-hydrogen) atoms. The maximum absolute atomic E-state index is 2.53. The van der Waals surface area contributed by atoms with E-state index in [1.165, 1.54) is 70.3 Å². The van der Waals surface area contributed by atoms with Crippen molar-refractivity contribution in [2.24, 2.45) is 5.92 Å². The van der Waals surface area contributed by atoms with Crippen molar-refractivity contribution in [1.29, 1.82) is 0 Å². The van der Waals surface area contributed by atoms with E-state index in [2.05, 4.69) is 156 Å². The fourth-order valence-corrected chi connectivity index (χ4v) is 8.57. The summed E-state index contributed by atoms with van der Waals surface area (Å²) in [6.07, 6.45) is 6.11. The molecule has 0 amide bonds. The van der Waals surface area contributed by atoms with Gasteiger partial charge in [-0.2, -0.15) is 0 Å². The number of hydrogen-bond acceptors (Lipinski definition) is 3. The van der Waals surface area contributed by atoms with Gasteiger partial charge < -0.3 is 4.57 Å². The smallest absolute Gasteiger partial charge is 0.116 e. The molecule has 1 fully saturated rings. The van der Waals surface area contributed by atoms with Crippen LogP contribution in [0.4, 0.5) is 0 Å². The highest BCUT2D eigenvalue weighted by Crippen LogP contribution is 2.45. The number of fused-ring (bicyclic) bond motifs is 7. The van der Waals surface area contributed by atoms with Crippen molar-refractivity contribution in [1.82, 2.24) is 14.6 Å². The summed E-state index contributed by atoms with van der Waals surface area (Å²) in [4.78, 5) is 0. The van der Waals surface area contributed by atoms with Crippen LogP contribution < -0.4 is 0 Å². The van der Waals surface area contributed by atoms with Crippen LogP contribution in [0.1, 0.15) is 46.6 Å². The first-order valence-corrected chi connectivity index (χ1v) is 16.8. The van der Waals surface area contributed by atoms with Gasteiger partial charge in [0.1, 0.15) is 6.17 Å². The molecule has 0 N–H and O–H groups in total. The van der Waals surface area contributed by atoms with Gasteiger partial charge in [-0.1, -0.05) is 116 Å². The Kier molecular flexibility index (Phi) is 6.31. The number of aromatic nitrogens is 1. The zero-order valence-electron chi connectivity index (χ0n) is 25.7. The molecule has 7 aromatic rings. The Morgan fingerprint density at radius 2 is 1.38 bits per heavy atom. The molecule has 3 nitrogen and oxygen atoms in total. The van der Waals surface area contributed by atoms with Crippen molar-refractivity contribution in [2.45, 2.75) is 39.5 Å². The number of aryl methyl sites for hydroxylation is 1. The third-order valence-electron chi connectivity index (χ3n) is 9.67. The van der Waals surface area contributed by atoms with Crippen LogP contribution in [0.3, 0.4) is 0 Å². The van der Waals surface area contributed by atoms with E-state index in [1.54, 1.807) is 0 Å². The van der Waals surface area contributed by atoms with Crippen LogP contribution in [-0.2, 0) is 19.5 Å². The minimum absolute atomic E-state index is 0.291. The van der Waals surface area contributed by atoms with Crippen LogP contribution in [0.2, 0.25) is 0 Å². The molecule has 0 radical (unpaired) electrons. The van der Waals surface area contributed by atoms with Gasteiger partial charge in [-0.3, -0.25) is 0 Å². The van der Waals surface area contributed by atoms with Gasteiger partial charge in [0.2, 0.25) is 0 Å². The number of nitrogens with zero attached hydrogens (tertiary/aromatic N) is 3. The molecule has 1 aliphatic heterocycles. The van der Waals surface area contributed by atoms with E-state index in [9.17, 15) is 0 Å². The fourth-order valence-electron chi connectivity index (χ4n) is 7.33. The molecule has 4 heteroatoms. The van der Waals surface area contributed by atoms with Gasteiger partial charge in [-0.25, -0.2) is 10.0 Å². The predicted molar refractivity (Wildman–Crippen MR) is 190 cm³/mol. The first-order chi connectivity index (χ1) is 22.1. The second kappa shape index (κ2) is 10.6. The minimum atomic E-state index is 0.291. The minimum Gasteiger partial charge on any atom is -0.308 e.